The Labute approximate surface area is 151 Å². The molecule has 1 aromatic heterocycles. The molecule has 1 aromatic carbocycles. The van der Waals surface area contributed by atoms with Gasteiger partial charge in [-0.15, -0.1) is 0 Å². The number of carbonyl (C=O) groups excluding carboxylic acids is 1. The average Bonchev–Trinajstić information content (AvgIpc) is 3.15. The minimum Gasteiger partial charge on any atom is -0.358 e. The van der Waals surface area contributed by atoms with E-state index in [1.165, 1.54) is 23.1 Å². The van der Waals surface area contributed by atoms with E-state index in [0.717, 1.165) is 50.1 Å². The van der Waals surface area contributed by atoms with Gasteiger partial charge >= 0.3 is 0 Å². The summed E-state index contributed by atoms with van der Waals surface area (Å²) in [4.78, 5) is 18.5. The molecule has 0 atom stereocenters. The zero-order chi connectivity index (χ0) is 16.4. The van der Waals surface area contributed by atoms with E-state index in [1.807, 2.05) is 9.18 Å². The number of H-pyrrole nitrogens is 1. The molecule has 2 aromatic rings. The van der Waals surface area contributed by atoms with Crippen LogP contribution in [0.5, 0.6) is 0 Å². The van der Waals surface area contributed by atoms with E-state index in [0.29, 0.717) is 0 Å². The van der Waals surface area contributed by atoms with Crippen LogP contribution in [0.15, 0.2) is 18.2 Å². The number of benzene rings is 1. The molecule has 0 saturated heterocycles. The largest absolute Gasteiger partial charge is 0.358 e. The first-order chi connectivity index (χ1) is 11.1. The van der Waals surface area contributed by atoms with Gasteiger partial charge in [0.05, 0.1) is 22.9 Å². The predicted molar refractivity (Wildman–Crippen MR) is 103 cm³/mol. The van der Waals surface area contributed by atoms with E-state index in [9.17, 15) is 4.79 Å². The molecule has 0 radical (unpaired) electrons. The van der Waals surface area contributed by atoms with Crippen molar-refractivity contribution in [3.05, 3.63) is 35.0 Å². The Kier molecular flexibility index (Phi) is 5.26. The van der Waals surface area contributed by atoms with Crippen LogP contribution in [0.4, 0.5) is 0 Å². The summed E-state index contributed by atoms with van der Waals surface area (Å²) in [5.41, 5.74) is 4.73. The first kappa shape index (κ1) is 16.8. The topological polar surface area (TPSA) is 39.3 Å². The Morgan fingerprint density at radius 1 is 1.22 bits per heavy atom. The highest BCUT2D eigenvalue weighted by Crippen LogP contribution is 2.30. The average molecular weight is 425 g/mol. The molecule has 0 fully saturated rings. The molecular weight excluding hydrogens is 401 g/mol. The molecule has 0 saturated carbocycles. The van der Waals surface area contributed by atoms with Crippen LogP contribution in [0.2, 0.25) is 0 Å². The summed E-state index contributed by atoms with van der Waals surface area (Å²) in [7, 11) is 0. The minimum absolute atomic E-state index is 0.104. The summed E-state index contributed by atoms with van der Waals surface area (Å²) in [5.74, 6) is 0.104. The van der Waals surface area contributed by atoms with Gasteiger partial charge in [-0.2, -0.15) is 0 Å². The second-order valence-corrected chi connectivity index (χ2v) is 7.28. The Morgan fingerprint density at radius 3 is 2.74 bits per heavy atom. The Hall–Kier alpha value is -1.08. The number of hydrogen-bond acceptors (Lipinski definition) is 2. The van der Waals surface area contributed by atoms with E-state index in [-0.39, 0.29) is 5.91 Å². The van der Waals surface area contributed by atoms with Crippen molar-refractivity contribution in [1.29, 1.82) is 0 Å². The van der Waals surface area contributed by atoms with Gasteiger partial charge < -0.3 is 9.88 Å². The summed E-state index contributed by atoms with van der Waals surface area (Å²) in [6.07, 6.45) is 3.48. The third kappa shape index (κ3) is 3.40. The molecule has 0 aliphatic heterocycles. The third-order valence-electron chi connectivity index (χ3n) is 4.82. The van der Waals surface area contributed by atoms with Crippen molar-refractivity contribution in [2.45, 2.75) is 33.1 Å². The highest BCUT2D eigenvalue weighted by atomic mass is 127. The predicted octanol–water partition coefficient (Wildman–Crippen LogP) is 3.79. The van der Waals surface area contributed by atoms with E-state index >= 15 is 0 Å². The maximum absolute atomic E-state index is 12.7. The number of nitrogens with zero attached hydrogens (tertiary/aromatic N) is 2. The van der Waals surface area contributed by atoms with Crippen molar-refractivity contribution in [3.63, 3.8) is 0 Å². The van der Waals surface area contributed by atoms with Crippen LogP contribution in [0, 0.1) is 0 Å². The number of fused-ring (bicyclic) bond motifs is 3. The first-order valence-electron chi connectivity index (χ1n) is 8.47. The monoisotopic (exact) mass is 425 g/mol. The Morgan fingerprint density at radius 2 is 2.00 bits per heavy atom. The molecule has 0 bridgehead atoms. The van der Waals surface area contributed by atoms with E-state index in [4.69, 9.17) is 0 Å². The maximum Gasteiger partial charge on any atom is 0.262 e. The van der Waals surface area contributed by atoms with Crippen molar-refractivity contribution in [3.8, 4) is 0 Å². The number of aryl methyl sites for hydroxylation is 2. The molecule has 5 heteroatoms. The molecule has 0 spiro atoms. The summed E-state index contributed by atoms with van der Waals surface area (Å²) in [5, 5.41) is 1.23. The number of halogens is 1. The second kappa shape index (κ2) is 7.21. The molecular formula is C18H24IN3O. The molecule has 1 amide bonds. The van der Waals surface area contributed by atoms with Crippen LogP contribution in [-0.4, -0.2) is 45.1 Å². The molecule has 4 nitrogen and oxygen atoms in total. The molecule has 1 heterocycles. The number of amides is 1. The van der Waals surface area contributed by atoms with E-state index in [2.05, 4.69) is 58.7 Å². The van der Waals surface area contributed by atoms with Crippen molar-refractivity contribution in [1.82, 2.24) is 13.0 Å². The number of rotatable bonds is 6. The fraction of sp³-hybridized carbons (Fsp3) is 0.500. The van der Waals surface area contributed by atoms with Crippen molar-refractivity contribution >= 4 is 39.7 Å². The van der Waals surface area contributed by atoms with Gasteiger partial charge in [-0.1, -0.05) is 13.8 Å². The van der Waals surface area contributed by atoms with Crippen molar-refractivity contribution in [2.75, 3.05) is 26.2 Å². The Bertz CT molecular complexity index is 706. The Balaban J connectivity index is 1.75. The number of carbonyl (C=O) groups is 1. The van der Waals surface area contributed by atoms with Crippen molar-refractivity contribution < 1.29 is 4.79 Å². The maximum atomic E-state index is 12.7. The molecule has 1 aliphatic carbocycles. The lowest BCUT2D eigenvalue weighted by atomic mass is 10.1. The quantitative estimate of drug-likeness (QED) is 0.565. The van der Waals surface area contributed by atoms with Gasteiger partial charge in [0.1, 0.15) is 0 Å². The normalized spacial score (nSPS) is 13.7. The lowest BCUT2D eigenvalue weighted by Crippen LogP contribution is -2.33. The first-order valence-corrected chi connectivity index (χ1v) is 9.44. The highest BCUT2D eigenvalue weighted by Gasteiger charge is 2.19. The smallest absolute Gasteiger partial charge is 0.262 e. The number of likely N-dealkylation sites (N-methyl/N-ethyl adjacent to an activating group) is 1. The fourth-order valence-corrected chi connectivity index (χ4v) is 3.88. The zero-order valence-electron chi connectivity index (χ0n) is 13.9. The van der Waals surface area contributed by atoms with Crippen LogP contribution >= 0.6 is 22.9 Å². The molecule has 23 heavy (non-hydrogen) atoms. The van der Waals surface area contributed by atoms with Crippen LogP contribution in [-0.2, 0) is 12.8 Å². The van der Waals surface area contributed by atoms with Crippen LogP contribution in [0.3, 0.4) is 0 Å². The number of aromatic nitrogens is 1. The SMILES string of the molecule is CCN(CC)CCN(I)C(=O)c1ccc2[nH]c3c(c2c1)CCC3. The molecule has 124 valence electrons. The summed E-state index contributed by atoms with van der Waals surface area (Å²) in [6.45, 7) is 8.04. The summed E-state index contributed by atoms with van der Waals surface area (Å²) < 4.78 is 1.81. The molecule has 3 rings (SSSR count). The fourth-order valence-electron chi connectivity index (χ4n) is 3.39. The van der Waals surface area contributed by atoms with Gasteiger partial charge in [-0.3, -0.25) is 7.91 Å². The summed E-state index contributed by atoms with van der Waals surface area (Å²) >= 11 is 2.15. The van der Waals surface area contributed by atoms with Gasteiger partial charge in [0, 0.05) is 35.2 Å². The molecule has 1 aliphatic rings. The zero-order valence-corrected chi connectivity index (χ0v) is 16.0. The third-order valence-corrected chi connectivity index (χ3v) is 5.74. The van der Waals surface area contributed by atoms with Gasteiger partial charge in [0.15, 0.2) is 0 Å². The number of hydrogen-bond donors (Lipinski definition) is 1. The van der Waals surface area contributed by atoms with Crippen LogP contribution in [0.25, 0.3) is 10.9 Å². The highest BCUT2D eigenvalue weighted by molar-refractivity contribution is 14.1. The van der Waals surface area contributed by atoms with Crippen molar-refractivity contribution in [2.24, 2.45) is 0 Å². The lowest BCUT2D eigenvalue weighted by Gasteiger charge is -2.21. The van der Waals surface area contributed by atoms with E-state index < -0.39 is 0 Å². The lowest BCUT2D eigenvalue weighted by molar-refractivity contribution is 0.0880. The standard InChI is InChI=1S/C18H24IN3O/c1-3-21(4-2)10-11-22(19)18(23)13-8-9-17-15(12-13)14-6-5-7-16(14)20-17/h8-9,12,20H,3-7,10-11H2,1-2H3. The van der Waals surface area contributed by atoms with Gasteiger partial charge in [-0.25, -0.2) is 0 Å². The number of nitrogens with one attached hydrogen (secondary N) is 1. The van der Waals surface area contributed by atoms with Gasteiger partial charge in [0.25, 0.3) is 5.91 Å². The second-order valence-electron chi connectivity index (χ2n) is 6.11. The van der Waals surface area contributed by atoms with Crippen LogP contribution in [0.1, 0.15) is 41.9 Å². The van der Waals surface area contributed by atoms with Gasteiger partial charge in [0.2, 0.25) is 0 Å². The minimum atomic E-state index is 0.104. The molecule has 0 unspecified atom stereocenters. The summed E-state index contributed by atoms with van der Waals surface area (Å²) in [6, 6.07) is 6.07. The molecule has 1 N–H and O–H groups in total. The number of aromatic amines is 1. The van der Waals surface area contributed by atoms with Gasteiger partial charge in [-0.05, 0) is 56.1 Å². The van der Waals surface area contributed by atoms with Crippen LogP contribution < -0.4 is 0 Å². The van der Waals surface area contributed by atoms with E-state index in [1.54, 1.807) is 0 Å².